The van der Waals surface area contributed by atoms with E-state index in [0.717, 1.165) is 17.7 Å². The van der Waals surface area contributed by atoms with Crippen LogP contribution in [0, 0.1) is 0 Å². The number of hydrogen-bond acceptors (Lipinski definition) is 3. The highest BCUT2D eigenvalue weighted by atomic mass is 35.5. The molecule has 1 aromatic carbocycles. The van der Waals surface area contributed by atoms with Crippen molar-refractivity contribution in [2.75, 3.05) is 11.2 Å². The van der Waals surface area contributed by atoms with E-state index in [0.29, 0.717) is 11.6 Å². The molecule has 0 bridgehead atoms. The number of carbonyl (C=O) groups excluding carboxylic acids is 1. The third-order valence-corrected chi connectivity index (χ3v) is 3.04. The van der Waals surface area contributed by atoms with E-state index in [4.69, 9.17) is 11.6 Å². The second-order valence-corrected chi connectivity index (χ2v) is 4.56. The third-order valence-electron chi connectivity index (χ3n) is 2.26. The number of amides is 1. The van der Waals surface area contributed by atoms with E-state index in [9.17, 15) is 4.79 Å². The maximum atomic E-state index is 11.7. The number of hydrogen-bond donors (Lipinski definition) is 1. The average molecular weight is 267 g/mol. The molecule has 17 heavy (non-hydrogen) atoms. The first-order valence-corrected chi connectivity index (χ1v) is 6.62. The van der Waals surface area contributed by atoms with Crippen molar-refractivity contribution in [2.24, 2.45) is 0 Å². The van der Waals surface area contributed by atoms with E-state index in [-0.39, 0.29) is 5.91 Å². The summed E-state index contributed by atoms with van der Waals surface area (Å²) in [5.41, 5.74) is 4.01. The van der Waals surface area contributed by atoms with E-state index in [2.05, 4.69) is 10.3 Å². The fourth-order valence-corrected chi connectivity index (χ4v) is 2.13. The fourth-order valence-electron chi connectivity index (χ4n) is 1.38. The molecule has 0 spiro atoms. The molecule has 1 amide bonds. The molecule has 88 valence electrons. The second kappa shape index (κ2) is 5.80. The van der Waals surface area contributed by atoms with Gasteiger partial charge in [0.2, 0.25) is 0 Å². The Morgan fingerprint density at radius 1 is 1.35 bits per heavy atom. The molecule has 0 unspecified atom stereocenters. The Bertz CT molecular complexity index is 482. The molecular weight excluding hydrogens is 256 g/mol. The van der Waals surface area contributed by atoms with Gasteiger partial charge in [-0.1, -0.05) is 12.1 Å². The molecule has 0 aliphatic rings. The summed E-state index contributed by atoms with van der Waals surface area (Å²) in [6, 6.07) is 7.65. The highest BCUT2D eigenvalue weighted by molar-refractivity contribution is 7.07. The minimum absolute atomic E-state index is 0.184. The van der Waals surface area contributed by atoms with Gasteiger partial charge in [-0.05, 0) is 24.1 Å². The van der Waals surface area contributed by atoms with Crippen LogP contribution in [0.2, 0.25) is 0 Å². The zero-order valence-corrected chi connectivity index (χ0v) is 10.6. The minimum atomic E-state index is -0.184. The topological polar surface area (TPSA) is 42.0 Å². The highest BCUT2D eigenvalue weighted by Gasteiger charge is 2.07. The predicted molar refractivity (Wildman–Crippen MR) is 70.9 cm³/mol. The number of nitrogens with one attached hydrogen (secondary N) is 1. The first kappa shape index (κ1) is 12.1. The van der Waals surface area contributed by atoms with Crippen molar-refractivity contribution >= 4 is 34.5 Å². The van der Waals surface area contributed by atoms with Gasteiger partial charge < -0.3 is 5.32 Å². The number of rotatable bonds is 4. The monoisotopic (exact) mass is 266 g/mol. The minimum Gasteiger partial charge on any atom is -0.321 e. The average Bonchev–Trinajstić information content (AvgIpc) is 2.86. The van der Waals surface area contributed by atoms with Gasteiger partial charge in [-0.25, -0.2) is 4.98 Å². The van der Waals surface area contributed by atoms with Crippen molar-refractivity contribution in [2.45, 2.75) is 6.42 Å². The normalized spacial score (nSPS) is 10.2. The van der Waals surface area contributed by atoms with Crippen LogP contribution < -0.4 is 5.32 Å². The van der Waals surface area contributed by atoms with Crippen LogP contribution in [0.3, 0.4) is 0 Å². The molecular formula is C12H11ClN2OS. The molecule has 1 aromatic heterocycles. The van der Waals surface area contributed by atoms with Crippen LogP contribution in [0.25, 0.3) is 0 Å². The van der Waals surface area contributed by atoms with Crippen LogP contribution in [0.1, 0.15) is 16.1 Å². The van der Waals surface area contributed by atoms with Gasteiger partial charge in [0, 0.05) is 16.9 Å². The lowest BCUT2D eigenvalue weighted by atomic mass is 10.1. The number of thiazole rings is 1. The Balaban J connectivity index is 2.01. The van der Waals surface area contributed by atoms with Gasteiger partial charge in [0.1, 0.15) is 5.69 Å². The van der Waals surface area contributed by atoms with Crippen LogP contribution in [0.15, 0.2) is 35.2 Å². The Kier molecular flexibility index (Phi) is 4.12. The SMILES string of the molecule is O=C(Nc1ccc(CCCl)cc1)c1cscn1. The molecule has 3 nitrogen and oxygen atoms in total. The molecule has 0 fully saturated rings. The lowest BCUT2D eigenvalue weighted by molar-refractivity contribution is 0.102. The van der Waals surface area contributed by atoms with Gasteiger partial charge in [-0.3, -0.25) is 4.79 Å². The van der Waals surface area contributed by atoms with E-state index in [1.54, 1.807) is 10.9 Å². The van der Waals surface area contributed by atoms with Crippen LogP contribution in [-0.4, -0.2) is 16.8 Å². The van der Waals surface area contributed by atoms with Crippen molar-refractivity contribution < 1.29 is 4.79 Å². The lowest BCUT2D eigenvalue weighted by Gasteiger charge is -2.04. The number of anilines is 1. The fraction of sp³-hybridized carbons (Fsp3) is 0.167. The summed E-state index contributed by atoms with van der Waals surface area (Å²) in [6.45, 7) is 0. The van der Waals surface area contributed by atoms with Gasteiger partial charge in [-0.15, -0.1) is 22.9 Å². The summed E-state index contributed by atoms with van der Waals surface area (Å²) in [7, 11) is 0. The van der Waals surface area contributed by atoms with Gasteiger partial charge >= 0.3 is 0 Å². The van der Waals surface area contributed by atoms with Gasteiger partial charge in [0.05, 0.1) is 5.51 Å². The molecule has 0 aliphatic heterocycles. The smallest absolute Gasteiger partial charge is 0.275 e. The Hall–Kier alpha value is -1.39. The van der Waals surface area contributed by atoms with Gasteiger partial charge in [0.25, 0.3) is 5.91 Å². The molecule has 1 N–H and O–H groups in total. The van der Waals surface area contributed by atoms with Crippen LogP contribution in [-0.2, 0) is 6.42 Å². The summed E-state index contributed by atoms with van der Waals surface area (Å²) in [5, 5.41) is 4.51. The molecule has 1 heterocycles. The highest BCUT2D eigenvalue weighted by Crippen LogP contribution is 2.12. The number of aryl methyl sites for hydroxylation is 1. The number of halogens is 1. The van der Waals surface area contributed by atoms with Crippen LogP contribution >= 0.6 is 22.9 Å². The van der Waals surface area contributed by atoms with Crippen molar-refractivity contribution in [3.8, 4) is 0 Å². The lowest BCUT2D eigenvalue weighted by Crippen LogP contribution is -2.11. The van der Waals surface area contributed by atoms with Crippen molar-refractivity contribution in [3.63, 3.8) is 0 Å². The number of nitrogens with zero attached hydrogens (tertiary/aromatic N) is 1. The summed E-state index contributed by atoms with van der Waals surface area (Å²) in [4.78, 5) is 15.6. The molecule has 0 atom stereocenters. The Labute approximate surface area is 108 Å². The second-order valence-electron chi connectivity index (χ2n) is 3.46. The van der Waals surface area contributed by atoms with Gasteiger partial charge in [-0.2, -0.15) is 0 Å². The molecule has 0 aliphatic carbocycles. The Morgan fingerprint density at radius 3 is 2.71 bits per heavy atom. The largest absolute Gasteiger partial charge is 0.321 e. The zero-order chi connectivity index (χ0) is 12.1. The quantitative estimate of drug-likeness (QED) is 0.864. The molecule has 0 saturated heterocycles. The molecule has 5 heteroatoms. The number of benzene rings is 1. The number of aromatic nitrogens is 1. The molecule has 0 radical (unpaired) electrons. The van der Waals surface area contributed by atoms with Crippen LogP contribution in [0.5, 0.6) is 0 Å². The first-order valence-electron chi connectivity index (χ1n) is 5.14. The number of alkyl halides is 1. The maximum absolute atomic E-state index is 11.7. The van der Waals surface area contributed by atoms with E-state index < -0.39 is 0 Å². The molecule has 2 aromatic rings. The number of carbonyl (C=O) groups is 1. The predicted octanol–water partition coefficient (Wildman–Crippen LogP) is 3.18. The zero-order valence-electron chi connectivity index (χ0n) is 9.02. The van der Waals surface area contributed by atoms with E-state index in [1.807, 2.05) is 24.3 Å². The maximum Gasteiger partial charge on any atom is 0.275 e. The van der Waals surface area contributed by atoms with Crippen molar-refractivity contribution in [1.29, 1.82) is 0 Å². The van der Waals surface area contributed by atoms with Gasteiger partial charge in [0.15, 0.2) is 0 Å². The Morgan fingerprint density at radius 2 is 2.12 bits per heavy atom. The van der Waals surface area contributed by atoms with E-state index >= 15 is 0 Å². The van der Waals surface area contributed by atoms with Crippen molar-refractivity contribution in [3.05, 3.63) is 46.4 Å². The summed E-state index contributed by atoms with van der Waals surface area (Å²) < 4.78 is 0. The summed E-state index contributed by atoms with van der Waals surface area (Å²) in [5.74, 6) is 0.418. The first-order chi connectivity index (χ1) is 8.29. The molecule has 2 rings (SSSR count). The van der Waals surface area contributed by atoms with E-state index in [1.165, 1.54) is 11.3 Å². The molecule has 0 saturated carbocycles. The third kappa shape index (κ3) is 3.28. The van der Waals surface area contributed by atoms with Crippen molar-refractivity contribution in [1.82, 2.24) is 4.98 Å². The summed E-state index contributed by atoms with van der Waals surface area (Å²) >= 11 is 7.05. The van der Waals surface area contributed by atoms with Crippen LogP contribution in [0.4, 0.5) is 5.69 Å². The standard InChI is InChI=1S/C12H11ClN2OS/c13-6-5-9-1-3-10(4-2-9)15-12(16)11-7-17-8-14-11/h1-4,7-8H,5-6H2,(H,15,16). The summed E-state index contributed by atoms with van der Waals surface area (Å²) in [6.07, 6.45) is 0.835.